The molecule has 0 aliphatic carbocycles. The number of halogens is 1. The normalized spacial score (nSPS) is 10.3. The fraction of sp³-hybridized carbons (Fsp3) is 0.385. The average molecular weight is 313 g/mol. The highest BCUT2D eigenvalue weighted by Gasteiger charge is 2.14. The van der Waals surface area contributed by atoms with Gasteiger partial charge in [0, 0.05) is 23.1 Å². The summed E-state index contributed by atoms with van der Waals surface area (Å²) in [5.41, 5.74) is 0.568. The highest BCUT2D eigenvalue weighted by Crippen LogP contribution is 2.11. The third-order valence-corrected chi connectivity index (χ3v) is 2.80. The van der Waals surface area contributed by atoms with Gasteiger partial charge in [-0.2, -0.15) is 0 Å². The van der Waals surface area contributed by atoms with Crippen LogP contribution in [-0.4, -0.2) is 36.3 Å². The van der Waals surface area contributed by atoms with Crippen molar-refractivity contribution in [3.63, 3.8) is 0 Å². The first-order valence-corrected chi connectivity index (χ1v) is 6.50. The van der Waals surface area contributed by atoms with Crippen LogP contribution in [0.5, 0.6) is 0 Å². The highest BCUT2D eigenvalue weighted by molar-refractivity contribution is 9.10. The Morgan fingerprint density at radius 3 is 2.33 bits per heavy atom. The van der Waals surface area contributed by atoms with E-state index in [1.54, 1.807) is 31.3 Å². The van der Waals surface area contributed by atoms with E-state index >= 15 is 0 Å². The van der Waals surface area contributed by atoms with Crippen LogP contribution in [0.15, 0.2) is 28.7 Å². The number of benzene rings is 1. The van der Waals surface area contributed by atoms with E-state index in [0.717, 1.165) is 4.47 Å². The molecule has 0 aromatic heterocycles. The van der Waals surface area contributed by atoms with Crippen LogP contribution in [0.4, 0.5) is 0 Å². The van der Waals surface area contributed by atoms with Crippen molar-refractivity contribution in [1.82, 2.24) is 10.2 Å². The summed E-state index contributed by atoms with van der Waals surface area (Å²) >= 11 is 3.31. The number of carbonyl (C=O) groups is 2. The van der Waals surface area contributed by atoms with Gasteiger partial charge >= 0.3 is 0 Å². The monoisotopic (exact) mass is 312 g/mol. The van der Waals surface area contributed by atoms with Crippen molar-refractivity contribution in [2.45, 2.75) is 19.9 Å². The lowest BCUT2D eigenvalue weighted by molar-refractivity contribution is -0.122. The molecule has 0 aliphatic rings. The molecule has 1 aromatic carbocycles. The van der Waals surface area contributed by atoms with E-state index in [1.807, 2.05) is 13.8 Å². The summed E-state index contributed by atoms with van der Waals surface area (Å²) < 4.78 is 0.916. The molecule has 0 spiro atoms. The smallest absolute Gasteiger partial charge is 0.254 e. The molecule has 0 saturated carbocycles. The molecule has 0 unspecified atom stereocenters. The summed E-state index contributed by atoms with van der Waals surface area (Å²) in [4.78, 5) is 25.0. The molecule has 0 aliphatic heterocycles. The molecule has 5 heteroatoms. The van der Waals surface area contributed by atoms with Gasteiger partial charge in [0.25, 0.3) is 5.91 Å². The van der Waals surface area contributed by atoms with Crippen LogP contribution >= 0.6 is 15.9 Å². The van der Waals surface area contributed by atoms with E-state index in [-0.39, 0.29) is 24.4 Å². The Morgan fingerprint density at radius 1 is 1.28 bits per heavy atom. The zero-order valence-corrected chi connectivity index (χ0v) is 12.3. The Balaban J connectivity index is 2.61. The zero-order chi connectivity index (χ0) is 13.7. The second kappa shape index (κ2) is 6.54. The molecule has 0 atom stereocenters. The van der Waals surface area contributed by atoms with Gasteiger partial charge in [0.15, 0.2) is 0 Å². The third kappa shape index (κ3) is 4.49. The average Bonchev–Trinajstić information content (AvgIpc) is 2.27. The van der Waals surface area contributed by atoms with Gasteiger partial charge in [-0.15, -0.1) is 0 Å². The SMILES string of the molecule is CC(C)NC(=O)CN(C)C(=O)c1ccc(Br)cc1. The fourth-order valence-corrected chi connectivity index (χ4v) is 1.73. The largest absolute Gasteiger partial charge is 0.352 e. The van der Waals surface area contributed by atoms with Crippen LogP contribution in [-0.2, 0) is 4.79 Å². The first-order chi connectivity index (χ1) is 8.40. The molecular weight excluding hydrogens is 296 g/mol. The summed E-state index contributed by atoms with van der Waals surface area (Å²) in [6, 6.07) is 7.13. The van der Waals surface area contributed by atoms with Crippen LogP contribution in [0, 0.1) is 0 Å². The van der Waals surface area contributed by atoms with E-state index in [0.29, 0.717) is 5.56 Å². The molecule has 1 aromatic rings. The number of rotatable bonds is 4. The lowest BCUT2D eigenvalue weighted by Gasteiger charge is -2.18. The molecule has 0 bridgehead atoms. The maximum atomic E-state index is 12.0. The van der Waals surface area contributed by atoms with Crippen molar-refractivity contribution in [1.29, 1.82) is 0 Å². The van der Waals surface area contributed by atoms with Crippen molar-refractivity contribution >= 4 is 27.7 Å². The topological polar surface area (TPSA) is 49.4 Å². The van der Waals surface area contributed by atoms with Crippen molar-refractivity contribution in [3.8, 4) is 0 Å². The Morgan fingerprint density at radius 2 is 1.83 bits per heavy atom. The predicted molar refractivity (Wildman–Crippen MR) is 74.4 cm³/mol. The fourth-order valence-electron chi connectivity index (χ4n) is 1.47. The van der Waals surface area contributed by atoms with Gasteiger partial charge in [-0.25, -0.2) is 0 Å². The van der Waals surface area contributed by atoms with E-state index in [4.69, 9.17) is 0 Å². The van der Waals surface area contributed by atoms with Gasteiger partial charge in [-0.05, 0) is 38.1 Å². The number of hydrogen-bond donors (Lipinski definition) is 1. The van der Waals surface area contributed by atoms with E-state index in [2.05, 4.69) is 21.2 Å². The lowest BCUT2D eigenvalue weighted by atomic mass is 10.2. The highest BCUT2D eigenvalue weighted by atomic mass is 79.9. The van der Waals surface area contributed by atoms with Crippen molar-refractivity contribution in [2.75, 3.05) is 13.6 Å². The van der Waals surface area contributed by atoms with Crippen LogP contribution in [0.2, 0.25) is 0 Å². The molecular formula is C13H17BrN2O2. The second-order valence-electron chi connectivity index (χ2n) is 4.39. The van der Waals surface area contributed by atoms with Gasteiger partial charge in [0.1, 0.15) is 0 Å². The number of nitrogens with zero attached hydrogens (tertiary/aromatic N) is 1. The number of carbonyl (C=O) groups excluding carboxylic acids is 2. The molecule has 1 rings (SSSR count). The minimum atomic E-state index is -0.165. The summed E-state index contributed by atoms with van der Waals surface area (Å²) in [6.45, 7) is 3.83. The Bertz CT molecular complexity index is 429. The summed E-state index contributed by atoms with van der Waals surface area (Å²) in [5.74, 6) is -0.320. The first kappa shape index (κ1) is 14.7. The van der Waals surface area contributed by atoms with Gasteiger partial charge in [-0.3, -0.25) is 9.59 Å². The molecule has 2 amide bonds. The summed E-state index contributed by atoms with van der Waals surface area (Å²) in [5, 5.41) is 2.75. The number of hydrogen-bond acceptors (Lipinski definition) is 2. The van der Waals surface area contributed by atoms with Crippen molar-refractivity contribution in [3.05, 3.63) is 34.3 Å². The molecule has 4 nitrogen and oxygen atoms in total. The van der Waals surface area contributed by atoms with E-state index in [1.165, 1.54) is 4.90 Å². The van der Waals surface area contributed by atoms with Crippen LogP contribution in [0.1, 0.15) is 24.2 Å². The van der Waals surface area contributed by atoms with Gasteiger partial charge < -0.3 is 10.2 Å². The van der Waals surface area contributed by atoms with Gasteiger partial charge in [-0.1, -0.05) is 15.9 Å². The molecule has 0 heterocycles. The minimum absolute atomic E-state index is 0.0626. The summed E-state index contributed by atoms with van der Waals surface area (Å²) in [7, 11) is 1.62. The van der Waals surface area contributed by atoms with Crippen LogP contribution < -0.4 is 5.32 Å². The standard InChI is InChI=1S/C13H17BrN2O2/c1-9(2)15-12(17)8-16(3)13(18)10-4-6-11(14)7-5-10/h4-7,9H,8H2,1-3H3,(H,15,17). The molecule has 0 radical (unpaired) electrons. The predicted octanol–water partition coefficient (Wildman–Crippen LogP) is 2.05. The zero-order valence-electron chi connectivity index (χ0n) is 10.7. The molecule has 1 N–H and O–H groups in total. The Hall–Kier alpha value is -1.36. The molecule has 98 valence electrons. The number of nitrogens with one attached hydrogen (secondary N) is 1. The summed E-state index contributed by atoms with van der Waals surface area (Å²) in [6.07, 6.45) is 0. The number of likely N-dealkylation sites (N-methyl/N-ethyl adjacent to an activating group) is 1. The van der Waals surface area contributed by atoms with E-state index < -0.39 is 0 Å². The minimum Gasteiger partial charge on any atom is -0.352 e. The maximum Gasteiger partial charge on any atom is 0.254 e. The maximum absolute atomic E-state index is 12.0. The second-order valence-corrected chi connectivity index (χ2v) is 5.31. The Labute approximate surface area is 115 Å². The van der Waals surface area contributed by atoms with Gasteiger partial charge in [0.05, 0.1) is 6.54 Å². The van der Waals surface area contributed by atoms with Gasteiger partial charge in [0.2, 0.25) is 5.91 Å². The number of amides is 2. The van der Waals surface area contributed by atoms with E-state index in [9.17, 15) is 9.59 Å². The first-order valence-electron chi connectivity index (χ1n) is 5.70. The van der Waals surface area contributed by atoms with Crippen LogP contribution in [0.25, 0.3) is 0 Å². The Kier molecular flexibility index (Phi) is 5.34. The molecule has 18 heavy (non-hydrogen) atoms. The molecule has 0 saturated heterocycles. The van der Waals surface area contributed by atoms with Crippen LogP contribution in [0.3, 0.4) is 0 Å². The quantitative estimate of drug-likeness (QED) is 0.925. The molecule has 0 fully saturated rings. The van der Waals surface area contributed by atoms with Crippen molar-refractivity contribution < 1.29 is 9.59 Å². The van der Waals surface area contributed by atoms with Crippen molar-refractivity contribution in [2.24, 2.45) is 0 Å². The lowest BCUT2D eigenvalue weighted by Crippen LogP contribution is -2.40. The third-order valence-electron chi connectivity index (χ3n) is 2.27.